The summed E-state index contributed by atoms with van der Waals surface area (Å²) in [6.07, 6.45) is 6.91. The molecule has 2 heteroatoms. The predicted molar refractivity (Wildman–Crippen MR) is 60.5 cm³/mol. The summed E-state index contributed by atoms with van der Waals surface area (Å²) in [7, 11) is 1.79. The van der Waals surface area contributed by atoms with Gasteiger partial charge in [-0.05, 0) is 44.2 Å². The molecule has 1 N–H and O–H groups in total. The lowest BCUT2D eigenvalue weighted by molar-refractivity contribution is 0.146. The highest BCUT2D eigenvalue weighted by molar-refractivity contribution is 4.81. The summed E-state index contributed by atoms with van der Waals surface area (Å²) >= 11 is 0. The highest BCUT2D eigenvalue weighted by atomic mass is 16.5. The minimum atomic E-state index is 0.935. The molecule has 0 spiro atoms. The molecule has 2 nitrogen and oxygen atoms in total. The Hall–Kier alpha value is -0.0800. The molecule has 0 aromatic carbocycles. The molecule has 2 unspecified atom stereocenters. The van der Waals surface area contributed by atoms with E-state index in [-0.39, 0.29) is 0 Å². The van der Waals surface area contributed by atoms with Crippen LogP contribution in [0, 0.1) is 11.8 Å². The number of rotatable bonds is 8. The largest absolute Gasteiger partial charge is 0.385 e. The summed E-state index contributed by atoms with van der Waals surface area (Å²) < 4.78 is 5.05. The van der Waals surface area contributed by atoms with Crippen molar-refractivity contribution in [2.45, 2.75) is 39.0 Å². The van der Waals surface area contributed by atoms with Crippen LogP contribution in [0.1, 0.15) is 39.0 Å². The second-order valence-electron chi connectivity index (χ2n) is 4.39. The van der Waals surface area contributed by atoms with Gasteiger partial charge in [0, 0.05) is 13.7 Å². The minimum Gasteiger partial charge on any atom is -0.385 e. The Labute approximate surface area is 88.4 Å². The van der Waals surface area contributed by atoms with Gasteiger partial charge in [-0.1, -0.05) is 19.8 Å². The van der Waals surface area contributed by atoms with Crippen LogP contribution in [0.25, 0.3) is 0 Å². The Balaban J connectivity index is 1.96. The molecule has 14 heavy (non-hydrogen) atoms. The van der Waals surface area contributed by atoms with E-state index in [1.807, 2.05) is 0 Å². The highest BCUT2D eigenvalue weighted by Crippen LogP contribution is 2.37. The van der Waals surface area contributed by atoms with Crippen LogP contribution in [0.3, 0.4) is 0 Å². The van der Waals surface area contributed by atoms with Crippen LogP contribution in [0.2, 0.25) is 0 Å². The van der Waals surface area contributed by atoms with Gasteiger partial charge in [0.2, 0.25) is 0 Å². The molecule has 2 atom stereocenters. The number of hydrogen-bond acceptors (Lipinski definition) is 2. The zero-order chi connectivity index (χ0) is 10.2. The predicted octanol–water partition coefficient (Wildman–Crippen LogP) is 2.44. The molecule has 1 fully saturated rings. The normalized spacial score (nSPS) is 26.1. The quantitative estimate of drug-likeness (QED) is 0.606. The molecule has 1 aliphatic rings. The van der Waals surface area contributed by atoms with Gasteiger partial charge in [-0.2, -0.15) is 0 Å². The Morgan fingerprint density at radius 2 is 2.00 bits per heavy atom. The van der Waals surface area contributed by atoms with E-state index in [2.05, 4.69) is 12.2 Å². The number of nitrogens with one attached hydrogen (secondary N) is 1. The Morgan fingerprint density at radius 3 is 2.57 bits per heavy atom. The van der Waals surface area contributed by atoms with E-state index < -0.39 is 0 Å². The summed E-state index contributed by atoms with van der Waals surface area (Å²) in [4.78, 5) is 0. The SMILES string of the molecule is CCNCC1CCC1CCCCOC. The van der Waals surface area contributed by atoms with Gasteiger partial charge in [0.05, 0.1) is 0 Å². The van der Waals surface area contributed by atoms with Crippen LogP contribution >= 0.6 is 0 Å². The number of methoxy groups -OCH3 is 1. The van der Waals surface area contributed by atoms with Gasteiger partial charge in [0.25, 0.3) is 0 Å². The first-order chi connectivity index (χ1) is 6.88. The molecular formula is C12H25NO. The number of ether oxygens (including phenoxy) is 1. The van der Waals surface area contributed by atoms with Crippen molar-refractivity contribution < 1.29 is 4.74 Å². The summed E-state index contributed by atoms with van der Waals surface area (Å²) in [6.45, 7) is 5.48. The van der Waals surface area contributed by atoms with Crippen molar-refractivity contribution in [3.63, 3.8) is 0 Å². The fraction of sp³-hybridized carbons (Fsp3) is 1.00. The van der Waals surface area contributed by atoms with Crippen molar-refractivity contribution in [2.24, 2.45) is 11.8 Å². The number of unbranched alkanes of at least 4 members (excludes halogenated alkanes) is 1. The van der Waals surface area contributed by atoms with Crippen molar-refractivity contribution in [1.82, 2.24) is 5.32 Å². The molecule has 0 aromatic rings. The Bertz CT molecular complexity index is 138. The zero-order valence-electron chi connectivity index (χ0n) is 9.72. The van der Waals surface area contributed by atoms with E-state index in [9.17, 15) is 0 Å². The van der Waals surface area contributed by atoms with Crippen LogP contribution < -0.4 is 5.32 Å². The summed E-state index contributed by atoms with van der Waals surface area (Å²) in [5.74, 6) is 1.98. The first kappa shape index (κ1) is 12.0. The average molecular weight is 199 g/mol. The zero-order valence-corrected chi connectivity index (χ0v) is 9.72. The van der Waals surface area contributed by atoms with Gasteiger partial charge in [-0.3, -0.25) is 0 Å². The summed E-state index contributed by atoms with van der Waals surface area (Å²) in [5.41, 5.74) is 0. The molecule has 0 heterocycles. The maximum atomic E-state index is 5.05. The minimum absolute atomic E-state index is 0.935. The summed E-state index contributed by atoms with van der Waals surface area (Å²) in [5, 5.41) is 3.46. The third-order valence-electron chi connectivity index (χ3n) is 3.40. The second kappa shape index (κ2) is 7.24. The monoisotopic (exact) mass is 199 g/mol. The van der Waals surface area contributed by atoms with Crippen molar-refractivity contribution >= 4 is 0 Å². The lowest BCUT2D eigenvalue weighted by Crippen LogP contribution is -2.35. The van der Waals surface area contributed by atoms with E-state index in [1.54, 1.807) is 7.11 Å². The maximum absolute atomic E-state index is 5.05. The van der Waals surface area contributed by atoms with Crippen LogP contribution in [-0.2, 0) is 4.74 Å². The topological polar surface area (TPSA) is 21.3 Å². The van der Waals surface area contributed by atoms with Gasteiger partial charge >= 0.3 is 0 Å². The van der Waals surface area contributed by atoms with Crippen LogP contribution in [0.15, 0.2) is 0 Å². The van der Waals surface area contributed by atoms with Gasteiger partial charge in [0.15, 0.2) is 0 Å². The first-order valence-electron chi connectivity index (χ1n) is 6.08. The van der Waals surface area contributed by atoms with E-state index in [0.717, 1.165) is 25.0 Å². The molecular weight excluding hydrogens is 174 g/mol. The molecule has 1 rings (SSSR count). The fourth-order valence-electron chi connectivity index (χ4n) is 2.27. The van der Waals surface area contributed by atoms with Crippen molar-refractivity contribution in [3.05, 3.63) is 0 Å². The first-order valence-corrected chi connectivity index (χ1v) is 6.08. The highest BCUT2D eigenvalue weighted by Gasteiger charge is 2.29. The smallest absolute Gasteiger partial charge is 0.0462 e. The molecule has 0 saturated heterocycles. The van der Waals surface area contributed by atoms with Crippen molar-refractivity contribution in [3.8, 4) is 0 Å². The number of hydrogen-bond donors (Lipinski definition) is 1. The third-order valence-corrected chi connectivity index (χ3v) is 3.40. The third kappa shape index (κ3) is 3.97. The van der Waals surface area contributed by atoms with Gasteiger partial charge in [0.1, 0.15) is 0 Å². The fourth-order valence-corrected chi connectivity index (χ4v) is 2.27. The summed E-state index contributed by atoms with van der Waals surface area (Å²) in [6, 6.07) is 0. The lowest BCUT2D eigenvalue weighted by atomic mass is 9.71. The Morgan fingerprint density at radius 1 is 1.21 bits per heavy atom. The van der Waals surface area contributed by atoms with Crippen LogP contribution in [0.5, 0.6) is 0 Å². The lowest BCUT2D eigenvalue weighted by Gasteiger charge is -2.37. The molecule has 0 radical (unpaired) electrons. The van der Waals surface area contributed by atoms with E-state index in [0.29, 0.717) is 0 Å². The molecule has 0 aromatic heterocycles. The van der Waals surface area contributed by atoms with Crippen molar-refractivity contribution in [1.29, 1.82) is 0 Å². The van der Waals surface area contributed by atoms with Gasteiger partial charge in [-0.25, -0.2) is 0 Å². The maximum Gasteiger partial charge on any atom is 0.0462 e. The molecule has 1 saturated carbocycles. The molecule has 0 bridgehead atoms. The van der Waals surface area contributed by atoms with Gasteiger partial charge < -0.3 is 10.1 Å². The Kier molecular flexibility index (Phi) is 6.20. The van der Waals surface area contributed by atoms with Crippen molar-refractivity contribution in [2.75, 3.05) is 26.8 Å². The second-order valence-corrected chi connectivity index (χ2v) is 4.39. The van der Waals surface area contributed by atoms with E-state index in [1.165, 1.54) is 38.6 Å². The van der Waals surface area contributed by atoms with Crippen LogP contribution in [0.4, 0.5) is 0 Å². The molecule has 84 valence electrons. The van der Waals surface area contributed by atoms with E-state index >= 15 is 0 Å². The van der Waals surface area contributed by atoms with Crippen LogP contribution in [-0.4, -0.2) is 26.8 Å². The molecule has 0 aliphatic heterocycles. The van der Waals surface area contributed by atoms with Gasteiger partial charge in [-0.15, -0.1) is 0 Å². The molecule has 1 aliphatic carbocycles. The molecule has 0 amide bonds. The standard InChI is InChI=1S/C12H25NO/c1-3-13-10-12-8-7-11(12)6-4-5-9-14-2/h11-13H,3-10H2,1-2H3. The van der Waals surface area contributed by atoms with E-state index in [4.69, 9.17) is 4.74 Å². The average Bonchev–Trinajstić information content (AvgIpc) is 2.16.